The summed E-state index contributed by atoms with van der Waals surface area (Å²) in [5.74, 6) is -0.100. The zero-order valence-electron chi connectivity index (χ0n) is 11.9. The Labute approximate surface area is 123 Å². The number of ether oxygens (including phenoxy) is 1. The second-order valence-corrected chi connectivity index (χ2v) is 5.09. The van der Waals surface area contributed by atoms with Gasteiger partial charge in [-0.1, -0.05) is 30.3 Å². The fourth-order valence-corrected chi connectivity index (χ4v) is 2.57. The lowest BCUT2D eigenvalue weighted by Crippen LogP contribution is -2.43. The highest BCUT2D eigenvalue weighted by atomic mass is 16.5. The number of nitrogens with two attached hydrogens (primary N) is 1. The van der Waals surface area contributed by atoms with Gasteiger partial charge in [-0.3, -0.25) is 9.48 Å². The first-order valence-corrected chi connectivity index (χ1v) is 6.90. The van der Waals surface area contributed by atoms with Crippen LogP contribution < -0.4 is 5.73 Å². The van der Waals surface area contributed by atoms with Gasteiger partial charge in [0.25, 0.3) is 5.91 Å². The second kappa shape index (κ2) is 5.57. The minimum atomic E-state index is -0.100. The van der Waals surface area contributed by atoms with E-state index in [4.69, 9.17) is 10.5 Å². The molecule has 6 nitrogen and oxygen atoms in total. The largest absolute Gasteiger partial charge is 0.396 e. The maximum atomic E-state index is 12.6. The molecule has 3 rings (SSSR count). The molecule has 1 aliphatic heterocycles. The van der Waals surface area contributed by atoms with E-state index in [9.17, 15) is 4.79 Å². The van der Waals surface area contributed by atoms with E-state index in [1.54, 1.807) is 11.9 Å². The smallest absolute Gasteiger partial charge is 0.274 e. The van der Waals surface area contributed by atoms with Crippen LogP contribution in [0.4, 0.5) is 5.69 Å². The maximum absolute atomic E-state index is 12.6. The lowest BCUT2D eigenvalue weighted by molar-refractivity contribution is -0.0231. The van der Waals surface area contributed by atoms with Crippen molar-refractivity contribution < 1.29 is 9.53 Å². The Bertz CT molecular complexity index is 619. The first-order chi connectivity index (χ1) is 10.2. The number of carbonyl (C=O) groups is 1. The topological polar surface area (TPSA) is 73.4 Å². The third-order valence-corrected chi connectivity index (χ3v) is 3.69. The number of nitrogens with zero attached hydrogens (tertiary/aromatic N) is 3. The average Bonchev–Trinajstić information content (AvgIpc) is 2.86. The lowest BCUT2D eigenvalue weighted by Gasteiger charge is -2.33. The summed E-state index contributed by atoms with van der Waals surface area (Å²) in [6.45, 7) is 1.60. The van der Waals surface area contributed by atoms with Crippen LogP contribution in [-0.4, -0.2) is 40.3 Å². The number of rotatable bonds is 2. The van der Waals surface area contributed by atoms with Crippen LogP contribution >= 0.6 is 0 Å². The number of aryl methyl sites for hydroxylation is 1. The summed E-state index contributed by atoms with van der Waals surface area (Å²) < 4.78 is 7.29. The van der Waals surface area contributed by atoms with E-state index in [1.165, 1.54) is 10.9 Å². The zero-order chi connectivity index (χ0) is 14.8. The lowest BCUT2D eigenvalue weighted by atomic mass is 10.1. The van der Waals surface area contributed by atoms with Gasteiger partial charge in [-0.25, -0.2) is 0 Å². The van der Waals surface area contributed by atoms with Crippen LogP contribution in [0.3, 0.4) is 0 Å². The Morgan fingerprint density at radius 3 is 2.81 bits per heavy atom. The predicted octanol–water partition coefficient (Wildman–Crippen LogP) is 1.22. The van der Waals surface area contributed by atoms with Crippen LogP contribution in [0.2, 0.25) is 0 Å². The Kier molecular flexibility index (Phi) is 3.62. The normalized spacial score (nSPS) is 18.7. The minimum Gasteiger partial charge on any atom is -0.396 e. The molecule has 1 aromatic heterocycles. The van der Waals surface area contributed by atoms with Gasteiger partial charge in [0.2, 0.25) is 0 Å². The molecule has 110 valence electrons. The molecule has 0 saturated carbocycles. The summed E-state index contributed by atoms with van der Waals surface area (Å²) in [4.78, 5) is 14.4. The monoisotopic (exact) mass is 286 g/mol. The Balaban J connectivity index is 1.79. The van der Waals surface area contributed by atoms with Gasteiger partial charge in [-0.15, -0.1) is 0 Å². The van der Waals surface area contributed by atoms with Crippen LogP contribution in [0, 0.1) is 0 Å². The molecule has 2 heterocycles. The molecule has 1 aromatic carbocycles. The molecule has 0 aliphatic carbocycles. The molecule has 1 amide bonds. The number of benzene rings is 1. The Morgan fingerprint density at radius 1 is 1.38 bits per heavy atom. The summed E-state index contributed by atoms with van der Waals surface area (Å²) in [7, 11) is 1.72. The zero-order valence-corrected chi connectivity index (χ0v) is 11.9. The van der Waals surface area contributed by atoms with Crippen molar-refractivity contribution in [3.8, 4) is 0 Å². The van der Waals surface area contributed by atoms with E-state index in [2.05, 4.69) is 5.10 Å². The molecular weight excluding hydrogens is 268 g/mol. The fourth-order valence-electron chi connectivity index (χ4n) is 2.57. The first-order valence-electron chi connectivity index (χ1n) is 6.90. The maximum Gasteiger partial charge on any atom is 0.274 e. The van der Waals surface area contributed by atoms with Gasteiger partial charge in [-0.2, -0.15) is 5.10 Å². The minimum absolute atomic E-state index is 0.0987. The average molecular weight is 286 g/mol. The van der Waals surface area contributed by atoms with Crippen LogP contribution in [0.5, 0.6) is 0 Å². The van der Waals surface area contributed by atoms with E-state index < -0.39 is 0 Å². The van der Waals surface area contributed by atoms with Crippen molar-refractivity contribution in [2.45, 2.75) is 6.10 Å². The summed E-state index contributed by atoms with van der Waals surface area (Å²) in [6.07, 6.45) is 1.40. The molecule has 1 unspecified atom stereocenters. The predicted molar refractivity (Wildman–Crippen MR) is 78.7 cm³/mol. The molecule has 2 N–H and O–H groups in total. The highest BCUT2D eigenvalue weighted by Crippen LogP contribution is 2.24. The van der Waals surface area contributed by atoms with Crippen molar-refractivity contribution in [2.75, 3.05) is 25.4 Å². The van der Waals surface area contributed by atoms with Gasteiger partial charge in [0.15, 0.2) is 0 Å². The molecule has 1 aliphatic rings. The number of hydrogen-bond acceptors (Lipinski definition) is 4. The quantitative estimate of drug-likeness (QED) is 0.900. The number of nitrogen functional groups attached to an aromatic ring is 1. The molecule has 0 bridgehead atoms. The Hall–Kier alpha value is -2.34. The molecular formula is C15H18N4O2. The van der Waals surface area contributed by atoms with Crippen LogP contribution in [0.15, 0.2) is 36.5 Å². The highest BCUT2D eigenvalue weighted by Gasteiger charge is 2.28. The third kappa shape index (κ3) is 2.62. The van der Waals surface area contributed by atoms with E-state index in [1.807, 2.05) is 30.3 Å². The summed E-state index contributed by atoms with van der Waals surface area (Å²) in [5, 5.41) is 4.02. The second-order valence-electron chi connectivity index (χ2n) is 5.09. The molecule has 6 heteroatoms. The van der Waals surface area contributed by atoms with Crippen molar-refractivity contribution in [2.24, 2.45) is 7.05 Å². The molecule has 21 heavy (non-hydrogen) atoms. The number of hydrogen-bond donors (Lipinski definition) is 1. The van der Waals surface area contributed by atoms with E-state index in [0.717, 1.165) is 5.56 Å². The van der Waals surface area contributed by atoms with E-state index in [-0.39, 0.29) is 12.0 Å². The van der Waals surface area contributed by atoms with Crippen molar-refractivity contribution in [1.29, 1.82) is 0 Å². The van der Waals surface area contributed by atoms with Gasteiger partial charge < -0.3 is 15.4 Å². The molecule has 0 spiro atoms. The fraction of sp³-hybridized carbons (Fsp3) is 0.333. The standard InChI is InChI=1S/C15H18N4O2/c1-18-14(12(16)9-17-18)15(20)19-7-8-21-13(10-19)11-5-3-2-4-6-11/h2-6,9,13H,7-8,10,16H2,1H3. The molecule has 1 saturated heterocycles. The molecule has 1 fully saturated rings. The van der Waals surface area contributed by atoms with Crippen LogP contribution in [0.25, 0.3) is 0 Å². The van der Waals surface area contributed by atoms with Gasteiger partial charge in [-0.05, 0) is 5.56 Å². The third-order valence-electron chi connectivity index (χ3n) is 3.69. The molecule has 0 radical (unpaired) electrons. The van der Waals surface area contributed by atoms with Crippen molar-refractivity contribution in [1.82, 2.24) is 14.7 Å². The summed E-state index contributed by atoms with van der Waals surface area (Å²) in [6, 6.07) is 9.93. The molecule has 2 aromatic rings. The van der Waals surface area contributed by atoms with Gasteiger partial charge in [0.1, 0.15) is 11.8 Å². The van der Waals surface area contributed by atoms with E-state index >= 15 is 0 Å². The van der Waals surface area contributed by atoms with E-state index in [0.29, 0.717) is 31.1 Å². The van der Waals surface area contributed by atoms with Crippen LogP contribution in [0.1, 0.15) is 22.2 Å². The SMILES string of the molecule is Cn1ncc(N)c1C(=O)N1CCOC(c2ccccc2)C1. The van der Waals surface area contributed by atoms with Gasteiger partial charge in [0, 0.05) is 13.6 Å². The number of amides is 1. The van der Waals surface area contributed by atoms with Crippen molar-refractivity contribution in [3.05, 3.63) is 47.8 Å². The number of anilines is 1. The number of aromatic nitrogens is 2. The van der Waals surface area contributed by atoms with Crippen LogP contribution in [-0.2, 0) is 11.8 Å². The van der Waals surface area contributed by atoms with Crippen molar-refractivity contribution >= 4 is 11.6 Å². The van der Waals surface area contributed by atoms with Gasteiger partial charge >= 0.3 is 0 Å². The summed E-state index contributed by atoms with van der Waals surface area (Å²) >= 11 is 0. The summed E-state index contributed by atoms with van der Waals surface area (Å²) in [5.41, 5.74) is 7.75. The highest BCUT2D eigenvalue weighted by molar-refractivity contribution is 5.97. The Morgan fingerprint density at radius 2 is 2.14 bits per heavy atom. The molecule has 1 atom stereocenters. The van der Waals surface area contributed by atoms with Crippen molar-refractivity contribution in [3.63, 3.8) is 0 Å². The number of carbonyl (C=O) groups excluding carboxylic acids is 1. The van der Waals surface area contributed by atoms with Gasteiger partial charge in [0.05, 0.1) is 25.0 Å². The first kappa shape index (κ1) is 13.6. The number of morpholine rings is 1.